The first-order valence-electron chi connectivity index (χ1n) is 15.3. The molecule has 2 spiro atoms. The van der Waals surface area contributed by atoms with Crippen LogP contribution < -0.4 is 5.73 Å². The number of benzene rings is 2. The summed E-state index contributed by atoms with van der Waals surface area (Å²) < 4.78 is 13.0. The third-order valence-corrected chi connectivity index (χ3v) is 10.5. The van der Waals surface area contributed by atoms with Gasteiger partial charge in [0, 0.05) is 18.7 Å². The lowest BCUT2D eigenvalue weighted by Crippen LogP contribution is -2.65. The molecule has 5 heterocycles. The van der Waals surface area contributed by atoms with E-state index in [1.165, 1.54) is 16.7 Å². The van der Waals surface area contributed by atoms with Crippen LogP contribution in [0.5, 0.6) is 0 Å². The predicted octanol–water partition coefficient (Wildman–Crippen LogP) is 3.78. The Hall–Kier alpha value is -5.11. The van der Waals surface area contributed by atoms with Gasteiger partial charge in [0.1, 0.15) is 18.9 Å². The number of ether oxygens (including phenoxy) is 2. The van der Waals surface area contributed by atoms with Crippen LogP contribution in [0.4, 0.5) is 9.59 Å². The number of amidine groups is 1. The van der Waals surface area contributed by atoms with Crippen molar-refractivity contribution in [1.82, 2.24) is 19.3 Å². The molecule has 5 aliphatic rings. The topological polar surface area (TPSA) is 152 Å². The summed E-state index contributed by atoms with van der Waals surface area (Å²) in [6.07, 6.45) is 1.81. The molecule has 0 unspecified atom stereocenters. The van der Waals surface area contributed by atoms with Gasteiger partial charge in [-0.3, -0.25) is 9.59 Å². The Morgan fingerprint density at radius 2 is 1.60 bits per heavy atom. The molecule has 240 valence electrons. The molecule has 1 saturated heterocycles. The molecule has 8 rings (SSSR count). The van der Waals surface area contributed by atoms with Crippen molar-refractivity contribution in [3.8, 4) is 0 Å². The number of carbonyl (C=O) groups is 4. The van der Waals surface area contributed by atoms with Gasteiger partial charge in [-0.2, -0.15) is 4.90 Å². The molecule has 0 bridgehead atoms. The number of imide groups is 1. The summed E-state index contributed by atoms with van der Waals surface area (Å²) >= 11 is 1.17. The highest BCUT2D eigenvalue weighted by molar-refractivity contribution is 8.13. The minimum absolute atomic E-state index is 0.000258. The van der Waals surface area contributed by atoms with Crippen LogP contribution in [0.1, 0.15) is 40.6 Å². The summed E-state index contributed by atoms with van der Waals surface area (Å²) in [6, 6.07) is 21.9. The fourth-order valence-corrected chi connectivity index (χ4v) is 8.68. The second-order valence-corrected chi connectivity index (χ2v) is 13.0. The van der Waals surface area contributed by atoms with Crippen molar-refractivity contribution in [3.63, 3.8) is 0 Å². The Bertz CT molecular complexity index is 1860. The molecule has 1 aromatic heterocycles. The van der Waals surface area contributed by atoms with Crippen molar-refractivity contribution >= 4 is 46.9 Å². The van der Waals surface area contributed by atoms with Gasteiger partial charge < -0.3 is 24.7 Å². The molecule has 4 amide bonds. The SMILES string of the molecule is CSC1=N[C@@]2(CC[C@H]3CN4C(=O)c5cccn5[C@@H]5N(C(=O)OCc6ccccc6)C(N)=N[C@@]54[C@@H]32)C(=O)N1C(=O)OCc1ccccc1. The Labute approximate surface area is 274 Å². The fourth-order valence-electron chi connectivity index (χ4n) is 8.08. The molecule has 3 aromatic rings. The Kier molecular flexibility index (Phi) is 6.69. The van der Waals surface area contributed by atoms with Gasteiger partial charge in [-0.05, 0) is 48.3 Å². The average Bonchev–Trinajstić information content (AvgIpc) is 3.89. The van der Waals surface area contributed by atoms with Gasteiger partial charge >= 0.3 is 12.2 Å². The number of aromatic nitrogens is 1. The van der Waals surface area contributed by atoms with Crippen LogP contribution in [0.3, 0.4) is 0 Å². The van der Waals surface area contributed by atoms with Crippen molar-refractivity contribution in [2.45, 2.75) is 43.4 Å². The van der Waals surface area contributed by atoms with Crippen LogP contribution in [-0.4, -0.2) is 78.4 Å². The summed E-state index contributed by atoms with van der Waals surface area (Å²) in [5, 5.41) is 0.206. The standard InChI is InChI=1S/C33H31N7O6S/c1-47-29-36-32(27(42)40(29)31(44)46-19-21-11-6-3-7-12-21)15-14-22-17-38-25(41)23-13-8-16-37(23)26-33(38,24(22)32)35-28(34)39(26)30(43)45-18-20-9-4-2-5-10-20/h2-13,16,22,24,26H,14-15,17-19H2,1H3,(H2,34,35)/t22-,24-,26+,32+,33+/m0/s1. The molecule has 2 aromatic carbocycles. The average molecular weight is 654 g/mol. The highest BCUT2D eigenvalue weighted by Gasteiger charge is 2.77. The zero-order chi connectivity index (χ0) is 32.5. The van der Waals surface area contributed by atoms with Gasteiger partial charge in [0.25, 0.3) is 11.8 Å². The van der Waals surface area contributed by atoms with Crippen molar-refractivity contribution < 1.29 is 28.7 Å². The summed E-state index contributed by atoms with van der Waals surface area (Å²) in [5.41, 5.74) is 5.58. The Morgan fingerprint density at radius 3 is 2.26 bits per heavy atom. The van der Waals surface area contributed by atoms with E-state index in [9.17, 15) is 19.2 Å². The fraction of sp³-hybridized carbons (Fsp3) is 0.333. The number of nitrogens with zero attached hydrogens (tertiary/aromatic N) is 6. The maximum Gasteiger partial charge on any atom is 0.423 e. The normalized spacial score (nSPS) is 28.5. The second kappa shape index (κ2) is 10.7. The lowest BCUT2D eigenvalue weighted by Gasteiger charge is -2.48. The van der Waals surface area contributed by atoms with E-state index in [4.69, 9.17) is 25.2 Å². The van der Waals surface area contributed by atoms with E-state index in [1.807, 2.05) is 60.7 Å². The number of rotatable bonds is 4. The van der Waals surface area contributed by atoms with Gasteiger partial charge in [0.05, 0.1) is 0 Å². The van der Waals surface area contributed by atoms with Crippen LogP contribution in [-0.2, 0) is 27.5 Å². The third-order valence-electron chi connectivity index (χ3n) is 9.89. The molecule has 2 N–H and O–H groups in total. The minimum atomic E-state index is -1.48. The quantitative estimate of drug-likeness (QED) is 0.447. The summed E-state index contributed by atoms with van der Waals surface area (Å²) in [6.45, 7) is 0.266. The summed E-state index contributed by atoms with van der Waals surface area (Å²) in [7, 11) is 0. The predicted molar refractivity (Wildman–Crippen MR) is 171 cm³/mol. The van der Waals surface area contributed by atoms with Crippen LogP contribution in [0.25, 0.3) is 0 Å². The van der Waals surface area contributed by atoms with E-state index in [0.717, 1.165) is 16.0 Å². The van der Waals surface area contributed by atoms with Crippen molar-refractivity contribution in [1.29, 1.82) is 0 Å². The summed E-state index contributed by atoms with van der Waals surface area (Å²) in [4.78, 5) is 69.8. The number of guanidine groups is 1. The largest absolute Gasteiger partial charge is 0.444 e. The first-order valence-corrected chi connectivity index (χ1v) is 16.6. The Morgan fingerprint density at radius 1 is 0.936 bits per heavy atom. The van der Waals surface area contributed by atoms with Crippen molar-refractivity contribution in [2.75, 3.05) is 12.8 Å². The molecule has 5 atom stereocenters. The van der Waals surface area contributed by atoms with Crippen molar-refractivity contribution in [2.24, 2.45) is 27.6 Å². The number of nitrogens with two attached hydrogens (primary N) is 1. The minimum Gasteiger partial charge on any atom is -0.444 e. The maximum absolute atomic E-state index is 14.6. The van der Waals surface area contributed by atoms with Gasteiger partial charge in [0.15, 0.2) is 22.5 Å². The zero-order valence-electron chi connectivity index (χ0n) is 25.4. The van der Waals surface area contributed by atoms with E-state index in [1.54, 1.807) is 34.1 Å². The molecule has 14 heteroatoms. The van der Waals surface area contributed by atoms with Gasteiger partial charge in [0.2, 0.25) is 5.96 Å². The number of aliphatic imine (C=N–C) groups is 2. The number of thioether (sulfide) groups is 1. The summed E-state index contributed by atoms with van der Waals surface area (Å²) in [5.74, 6) is -1.86. The van der Waals surface area contributed by atoms with E-state index in [0.29, 0.717) is 18.5 Å². The Balaban J connectivity index is 1.17. The van der Waals surface area contributed by atoms with Gasteiger partial charge in [-0.1, -0.05) is 72.4 Å². The molecule has 13 nitrogen and oxygen atoms in total. The maximum atomic E-state index is 14.6. The van der Waals surface area contributed by atoms with E-state index in [2.05, 4.69) is 0 Å². The van der Waals surface area contributed by atoms with E-state index >= 15 is 0 Å². The highest BCUT2D eigenvalue weighted by atomic mass is 32.2. The van der Waals surface area contributed by atoms with Crippen LogP contribution in [0, 0.1) is 11.8 Å². The molecule has 2 fully saturated rings. The molecule has 1 saturated carbocycles. The number of carbonyl (C=O) groups excluding carboxylic acids is 4. The monoisotopic (exact) mass is 653 g/mol. The number of hydrogen-bond acceptors (Lipinski definition) is 10. The second-order valence-electron chi connectivity index (χ2n) is 12.2. The van der Waals surface area contributed by atoms with Crippen LogP contribution in [0.2, 0.25) is 0 Å². The zero-order valence-corrected chi connectivity index (χ0v) is 26.2. The number of amides is 4. The molecule has 1 aliphatic carbocycles. The highest BCUT2D eigenvalue weighted by Crippen LogP contribution is 2.64. The molecule has 47 heavy (non-hydrogen) atoms. The van der Waals surface area contributed by atoms with Crippen LogP contribution >= 0.6 is 11.8 Å². The van der Waals surface area contributed by atoms with E-state index < -0.39 is 41.4 Å². The van der Waals surface area contributed by atoms with Crippen molar-refractivity contribution in [3.05, 3.63) is 95.8 Å². The molecular formula is C33H31N7O6S. The smallest absolute Gasteiger partial charge is 0.423 e. The first-order chi connectivity index (χ1) is 22.8. The van der Waals surface area contributed by atoms with E-state index in [-0.39, 0.29) is 42.7 Å². The number of hydrogen-bond donors (Lipinski definition) is 1. The first kappa shape index (κ1) is 29.3. The third kappa shape index (κ3) is 4.10. The lowest BCUT2D eigenvalue weighted by molar-refractivity contribution is -0.133. The van der Waals surface area contributed by atoms with Gasteiger partial charge in [-0.15, -0.1) is 0 Å². The number of fused-ring (bicyclic) bond motifs is 4. The molecule has 0 radical (unpaired) electrons. The molecular weight excluding hydrogens is 622 g/mol. The van der Waals surface area contributed by atoms with Gasteiger partial charge in [-0.25, -0.2) is 24.5 Å². The molecule has 4 aliphatic heterocycles. The van der Waals surface area contributed by atoms with Crippen LogP contribution in [0.15, 0.2) is 89.0 Å². The lowest BCUT2D eigenvalue weighted by atomic mass is 9.74.